The number of piperidine rings is 1. The highest BCUT2D eigenvalue weighted by molar-refractivity contribution is 5.85. The van der Waals surface area contributed by atoms with E-state index < -0.39 is 0 Å². The molecule has 0 radical (unpaired) electrons. The molecule has 3 nitrogen and oxygen atoms in total. The van der Waals surface area contributed by atoms with Gasteiger partial charge in [-0.25, -0.2) is 0 Å². The first-order valence-corrected chi connectivity index (χ1v) is 7.57. The van der Waals surface area contributed by atoms with E-state index in [-0.39, 0.29) is 23.5 Å². The number of nitrogens with zero attached hydrogens (tertiary/aromatic N) is 1. The quantitative estimate of drug-likeness (QED) is 0.865. The third-order valence-corrected chi connectivity index (χ3v) is 4.50. The molecular formula is C15H31ClN2O. The molecule has 4 heteroatoms. The molecule has 2 saturated heterocycles. The average Bonchev–Trinajstić information content (AvgIpc) is 2.34. The van der Waals surface area contributed by atoms with Crippen LogP contribution in [0.15, 0.2) is 0 Å². The summed E-state index contributed by atoms with van der Waals surface area (Å²) in [4.78, 5) is 2.62. The van der Waals surface area contributed by atoms with Crippen LogP contribution in [0.25, 0.3) is 0 Å². The van der Waals surface area contributed by atoms with Crippen molar-refractivity contribution in [1.29, 1.82) is 0 Å². The zero-order valence-corrected chi connectivity index (χ0v) is 13.8. The summed E-state index contributed by atoms with van der Waals surface area (Å²) in [6, 6.07) is 0.697. The number of halogens is 1. The summed E-state index contributed by atoms with van der Waals surface area (Å²) < 4.78 is 6.14. The van der Waals surface area contributed by atoms with Gasteiger partial charge in [0.2, 0.25) is 0 Å². The fourth-order valence-electron chi connectivity index (χ4n) is 3.17. The van der Waals surface area contributed by atoms with Crippen LogP contribution in [0.1, 0.15) is 53.4 Å². The third kappa shape index (κ3) is 4.59. The first-order chi connectivity index (χ1) is 8.44. The molecule has 2 atom stereocenters. The van der Waals surface area contributed by atoms with Crippen LogP contribution in [0.3, 0.4) is 0 Å². The Morgan fingerprint density at radius 1 is 1.26 bits per heavy atom. The maximum Gasteiger partial charge on any atom is 0.117 e. The molecule has 0 saturated carbocycles. The number of likely N-dealkylation sites (tertiary alicyclic amines) is 1. The van der Waals surface area contributed by atoms with Crippen LogP contribution >= 0.6 is 12.4 Å². The first-order valence-electron chi connectivity index (χ1n) is 7.57. The molecule has 2 unspecified atom stereocenters. The van der Waals surface area contributed by atoms with Crippen molar-refractivity contribution in [2.45, 2.75) is 65.1 Å². The molecule has 0 bridgehead atoms. The van der Waals surface area contributed by atoms with Crippen LogP contribution in [-0.2, 0) is 4.74 Å². The molecule has 0 aliphatic carbocycles. The van der Waals surface area contributed by atoms with Crippen LogP contribution in [0, 0.1) is 5.41 Å². The van der Waals surface area contributed by atoms with Gasteiger partial charge >= 0.3 is 0 Å². The topological polar surface area (TPSA) is 24.5 Å². The van der Waals surface area contributed by atoms with Gasteiger partial charge in [0.1, 0.15) is 5.72 Å². The molecule has 0 amide bonds. The molecule has 19 heavy (non-hydrogen) atoms. The summed E-state index contributed by atoms with van der Waals surface area (Å²) >= 11 is 0. The Hall–Kier alpha value is 0.170. The van der Waals surface area contributed by atoms with E-state index in [2.05, 4.69) is 37.9 Å². The van der Waals surface area contributed by atoms with E-state index in [0.717, 1.165) is 19.6 Å². The maximum absolute atomic E-state index is 6.14. The van der Waals surface area contributed by atoms with E-state index >= 15 is 0 Å². The Morgan fingerprint density at radius 3 is 2.58 bits per heavy atom. The Bertz CT molecular complexity index is 273. The van der Waals surface area contributed by atoms with E-state index in [1.165, 1.54) is 32.4 Å². The molecule has 2 aliphatic heterocycles. The second-order valence-electron chi connectivity index (χ2n) is 7.02. The molecule has 0 aromatic rings. The highest BCUT2D eigenvalue weighted by Crippen LogP contribution is 2.30. The van der Waals surface area contributed by atoms with Crippen molar-refractivity contribution >= 4 is 12.4 Å². The van der Waals surface area contributed by atoms with E-state index in [4.69, 9.17) is 4.74 Å². The second kappa shape index (κ2) is 6.75. The first kappa shape index (κ1) is 17.2. The summed E-state index contributed by atoms with van der Waals surface area (Å²) in [5.41, 5.74) is 0.154. The van der Waals surface area contributed by atoms with Gasteiger partial charge in [0.15, 0.2) is 0 Å². The minimum Gasteiger partial charge on any atom is -0.360 e. The summed E-state index contributed by atoms with van der Waals surface area (Å²) in [5, 5.41) is 3.63. The minimum atomic E-state index is -0.120. The van der Waals surface area contributed by atoms with Crippen molar-refractivity contribution < 1.29 is 4.74 Å². The van der Waals surface area contributed by atoms with Crippen LogP contribution in [0.2, 0.25) is 0 Å². The normalized spacial score (nSPS) is 35.7. The smallest absolute Gasteiger partial charge is 0.117 e. The van der Waals surface area contributed by atoms with E-state index in [1.54, 1.807) is 0 Å². The van der Waals surface area contributed by atoms with Crippen molar-refractivity contribution in [2.75, 3.05) is 26.2 Å². The zero-order valence-electron chi connectivity index (χ0n) is 13.0. The van der Waals surface area contributed by atoms with Crippen molar-refractivity contribution in [3.63, 3.8) is 0 Å². The van der Waals surface area contributed by atoms with Gasteiger partial charge in [0.25, 0.3) is 0 Å². The number of nitrogens with one attached hydrogen (secondary N) is 1. The van der Waals surface area contributed by atoms with Gasteiger partial charge in [-0.15, -0.1) is 12.4 Å². The van der Waals surface area contributed by atoms with Gasteiger partial charge in [0.05, 0.1) is 6.61 Å². The van der Waals surface area contributed by atoms with E-state index in [0.29, 0.717) is 6.04 Å². The zero-order chi connectivity index (χ0) is 13.2. The molecule has 2 fully saturated rings. The molecule has 114 valence electrons. The van der Waals surface area contributed by atoms with Gasteiger partial charge in [-0.3, -0.25) is 5.32 Å². The van der Waals surface area contributed by atoms with Gasteiger partial charge in [-0.05, 0) is 32.9 Å². The predicted octanol–water partition coefficient (Wildman–Crippen LogP) is 3.03. The van der Waals surface area contributed by atoms with Crippen LogP contribution in [-0.4, -0.2) is 42.9 Å². The predicted molar refractivity (Wildman–Crippen MR) is 82.9 cm³/mol. The van der Waals surface area contributed by atoms with Crippen molar-refractivity contribution in [1.82, 2.24) is 10.2 Å². The van der Waals surface area contributed by atoms with Crippen LogP contribution < -0.4 is 5.32 Å². The highest BCUT2D eigenvalue weighted by Gasteiger charge is 2.38. The Kier molecular flexibility index (Phi) is 6.12. The molecule has 0 aromatic heterocycles. The Labute approximate surface area is 124 Å². The molecule has 2 heterocycles. The van der Waals surface area contributed by atoms with Crippen molar-refractivity contribution in [3.8, 4) is 0 Å². The molecule has 2 aliphatic rings. The van der Waals surface area contributed by atoms with Crippen molar-refractivity contribution in [2.24, 2.45) is 5.41 Å². The summed E-state index contributed by atoms with van der Waals surface area (Å²) in [5.74, 6) is 0. The Balaban J connectivity index is 0.00000180. The minimum absolute atomic E-state index is 0. The number of hydrogen-bond acceptors (Lipinski definition) is 3. The fourth-order valence-corrected chi connectivity index (χ4v) is 3.17. The van der Waals surface area contributed by atoms with E-state index in [9.17, 15) is 0 Å². The molecule has 0 spiro atoms. The van der Waals surface area contributed by atoms with E-state index in [1.807, 2.05) is 0 Å². The molecular weight excluding hydrogens is 260 g/mol. The Morgan fingerprint density at radius 2 is 2.00 bits per heavy atom. The standard InChI is InChI=1S/C15H30N2O.ClH/c1-5-17-9-7-6-8-13(17)10-15(4)16-11-14(2,3)12-18-15;/h13,16H,5-12H2,1-4H3;1H. The van der Waals surface area contributed by atoms with Gasteiger partial charge in [-0.2, -0.15) is 0 Å². The SMILES string of the molecule is CCN1CCCCC1CC1(C)NCC(C)(C)CO1.Cl. The number of hydrogen-bond donors (Lipinski definition) is 1. The second-order valence-corrected chi connectivity index (χ2v) is 7.02. The van der Waals surface area contributed by atoms with Gasteiger partial charge in [-0.1, -0.05) is 27.2 Å². The number of rotatable bonds is 3. The van der Waals surface area contributed by atoms with Gasteiger partial charge < -0.3 is 9.64 Å². The highest BCUT2D eigenvalue weighted by atomic mass is 35.5. The molecule has 0 aromatic carbocycles. The van der Waals surface area contributed by atoms with Gasteiger partial charge in [0, 0.05) is 24.4 Å². The lowest BCUT2D eigenvalue weighted by atomic mass is 9.89. The lowest BCUT2D eigenvalue weighted by molar-refractivity contribution is -0.140. The monoisotopic (exact) mass is 290 g/mol. The van der Waals surface area contributed by atoms with Crippen LogP contribution in [0.4, 0.5) is 0 Å². The average molecular weight is 291 g/mol. The maximum atomic E-state index is 6.14. The largest absolute Gasteiger partial charge is 0.360 e. The van der Waals surface area contributed by atoms with Crippen molar-refractivity contribution in [3.05, 3.63) is 0 Å². The van der Waals surface area contributed by atoms with Crippen LogP contribution in [0.5, 0.6) is 0 Å². The fraction of sp³-hybridized carbons (Fsp3) is 1.00. The lowest BCUT2D eigenvalue weighted by Crippen LogP contribution is -2.58. The lowest BCUT2D eigenvalue weighted by Gasteiger charge is -2.46. The molecule has 2 rings (SSSR count). The summed E-state index contributed by atoms with van der Waals surface area (Å²) in [6.45, 7) is 13.4. The number of ether oxygens (including phenoxy) is 1. The third-order valence-electron chi connectivity index (χ3n) is 4.50. The molecule has 1 N–H and O–H groups in total. The summed E-state index contributed by atoms with van der Waals surface area (Å²) in [6.07, 6.45) is 5.19. The summed E-state index contributed by atoms with van der Waals surface area (Å²) in [7, 11) is 0.